The number of nitrogens with one attached hydrogen (secondary N) is 1. The number of carbonyl (C=O) groups is 3. The van der Waals surface area contributed by atoms with Crippen LogP contribution in [0, 0.1) is 5.92 Å². The van der Waals surface area contributed by atoms with Gasteiger partial charge in [-0.2, -0.15) is 13.2 Å². The fourth-order valence-electron chi connectivity index (χ4n) is 2.44. The fraction of sp³-hybridized carbons (Fsp3) is 0.750. The molecular weight excluding hydrogens is 293 g/mol. The molecule has 0 radical (unpaired) electrons. The quantitative estimate of drug-likeness (QED) is 0.803. The van der Waals surface area contributed by atoms with Crippen LogP contribution in [0.4, 0.5) is 13.2 Å². The van der Waals surface area contributed by atoms with Crippen molar-refractivity contribution in [3.63, 3.8) is 0 Å². The molecule has 0 aliphatic carbocycles. The normalized spacial score (nSPS) is 22.8. The maximum Gasteiger partial charge on any atom is 0.471 e. The molecule has 1 heterocycles. The summed E-state index contributed by atoms with van der Waals surface area (Å²) in [5.41, 5.74) is 0. The number of rotatable bonds is 4. The Hall–Kier alpha value is -1.80. The lowest BCUT2D eigenvalue weighted by Gasteiger charge is -2.38. The monoisotopic (exact) mass is 310 g/mol. The third-order valence-corrected chi connectivity index (χ3v) is 3.50. The first-order valence-corrected chi connectivity index (χ1v) is 6.48. The van der Waals surface area contributed by atoms with Crippen molar-refractivity contribution in [1.82, 2.24) is 10.2 Å². The van der Waals surface area contributed by atoms with Crippen LogP contribution >= 0.6 is 0 Å². The van der Waals surface area contributed by atoms with Gasteiger partial charge in [-0.05, 0) is 25.2 Å². The van der Waals surface area contributed by atoms with Gasteiger partial charge in [-0.25, -0.2) is 0 Å². The Labute approximate surface area is 119 Å². The van der Waals surface area contributed by atoms with Crippen molar-refractivity contribution >= 4 is 17.8 Å². The van der Waals surface area contributed by atoms with E-state index >= 15 is 0 Å². The van der Waals surface area contributed by atoms with E-state index in [0.29, 0.717) is 11.3 Å². The number of carboxylic acids is 1. The highest BCUT2D eigenvalue weighted by molar-refractivity contribution is 5.90. The number of nitrogens with zero attached hydrogens (tertiary/aromatic N) is 1. The van der Waals surface area contributed by atoms with Gasteiger partial charge in [-0.3, -0.25) is 14.4 Å². The number of aliphatic carboxylic acids is 1. The molecule has 1 fully saturated rings. The molecule has 1 saturated heterocycles. The lowest BCUT2D eigenvalue weighted by molar-refractivity contribution is -0.190. The van der Waals surface area contributed by atoms with Crippen molar-refractivity contribution in [3.05, 3.63) is 0 Å². The SMILES string of the molecule is CNC(=O)[C@@H]1CC[C@H](CCC(=O)O)CN1C(=O)C(F)(F)F. The van der Waals surface area contributed by atoms with Gasteiger partial charge in [0, 0.05) is 20.0 Å². The molecule has 0 aromatic rings. The maximum absolute atomic E-state index is 12.6. The van der Waals surface area contributed by atoms with Gasteiger partial charge >= 0.3 is 18.1 Å². The zero-order valence-electron chi connectivity index (χ0n) is 11.4. The molecule has 0 spiro atoms. The first-order chi connectivity index (χ1) is 9.66. The van der Waals surface area contributed by atoms with Crippen LogP contribution in [-0.4, -0.2) is 53.6 Å². The van der Waals surface area contributed by atoms with E-state index in [4.69, 9.17) is 5.11 Å². The molecule has 2 amide bonds. The van der Waals surface area contributed by atoms with Crippen LogP contribution in [0.1, 0.15) is 25.7 Å². The van der Waals surface area contributed by atoms with Gasteiger partial charge < -0.3 is 15.3 Å². The molecule has 1 aliphatic rings. The first kappa shape index (κ1) is 17.3. The number of hydrogen-bond acceptors (Lipinski definition) is 3. The summed E-state index contributed by atoms with van der Waals surface area (Å²) in [6, 6.07) is -1.16. The highest BCUT2D eigenvalue weighted by Gasteiger charge is 2.47. The number of likely N-dealkylation sites (N-methyl/N-ethyl adjacent to an activating group) is 1. The molecule has 1 aliphatic heterocycles. The second-order valence-corrected chi connectivity index (χ2v) is 4.96. The molecular formula is C12H17F3N2O4. The summed E-state index contributed by atoms with van der Waals surface area (Å²) in [5.74, 6) is -4.11. The third-order valence-electron chi connectivity index (χ3n) is 3.50. The largest absolute Gasteiger partial charge is 0.481 e. The van der Waals surface area contributed by atoms with Crippen LogP contribution in [0.15, 0.2) is 0 Å². The van der Waals surface area contributed by atoms with Crippen molar-refractivity contribution in [2.45, 2.75) is 37.9 Å². The Morgan fingerprint density at radius 1 is 1.29 bits per heavy atom. The standard InChI is InChI=1S/C12H17F3N2O4/c1-16-10(20)8-4-2-7(3-5-9(18)19)6-17(8)11(21)12(13,14)15/h7-8H,2-6H2,1H3,(H,16,20)(H,18,19)/t7-,8+/m1/s1. The molecule has 0 unspecified atom stereocenters. The number of carboxylic acid groups (broad SMARTS) is 1. The van der Waals surface area contributed by atoms with E-state index in [-0.39, 0.29) is 31.7 Å². The Morgan fingerprint density at radius 2 is 1.90 bits per heavy atom. The molecule has 2 atom stereocenters. The molecule has 21 heavy (non-hydrogen) atoms. The van der Waals surface area contributed by atoms with Crippen molar-refractivity contribution in [1.29, 1.82) is 0 Å². The highest BCUT2D eigenvalue weighted by atomic mass is 19.4. The Balaban J connectivity index is 2.84. The summed E-state index contributed by atoms with van der Waals surface area (Å²) in [6.07, 6.45) is -4.56. The van der Waals surface area contributed by atoms with Gasteiger partial charge in [0.15, 0.2) is 0 Å². The van der Waals surface area contributed by atoms with E-state index in [1.807, 2.05) is 0 Å². The number of carbonyl (C=O) groups excluding carboxylic acids is 2. The molecule has 0 aromatic carbocycles. The Morgan fingerprint density at radius 3 is 2.38 bits per heavy atom. The lowest BCUT2D eigenvalue weighted by atomic mass is 9.89. The molecule has 0 aromatic heterocycles. The molecule has 0 bridgehead atoms. The molecule has 2 N–H and O–H groups in total. The summed E-state index contributed by atoms with van der Waals surface area (Å²) in [7, 11) is 1.29. The van der Waals surface area contributed by atoms with Crippen molar-refractivity contribution in [2.75, 3.05) is 13.6 Å². The van der Waals surface area contributed by atoms with Crippen LogP contribution in [0.3, 0.4) is 0 Å². The minimum atomic E-state index is -5.05. The summed E-state index contributed by atoms with van der Waals surface area (Å²) in [4.78, 5) is 34.1. The van der Waals surface area contributed by atoms with E-state index in [2.05, 4.69) is 5.32 Å². The summed E-state index contributed by atoms with van der Waals surface area (Å²) in [5, 5.41) is 10.8. The van der Waals surface area contributed by atoms with E-state index in [1.54, 1.807) is 0 Å². The number of halogens is 3. The van der Waals surface area contributed by atoms with Crippen molar-refractivity contribution in [3.8, 4) is 0 Å². The number of alkyl halides is 3. The van der Waals surface area contributed by atoms with Gasteiger partial charge in [0.1, 0.15) is 6.04 Å². The number of amides is 2. The van der Waals surface area contributed by atoms with Gasteiger partial charge in [-0.1, -0.05) is 0 Å². The van der Waals surface area contributed by atoms with Crippen LogP contribution in [0.5, 0.6) is 0 Å². The van der Waals surface area contributed by atoms with Crippen LogP contribution in [-0.2, 0) is 14.4 Å². The molecule has 120 valence electrons. The average Bonchev–Trinajstić information content (AvgIpc) is 2.42. The van der Waals surface area contributed by atoms with Crippen LogP contribution in [0.2, 0.25) is 0 Å². The molecule has 1 rings (SSSR count). The number of hydrogen-bond donors (Lipinski definition) is 2. The maximum atomic E-state index is 12.6. The van der Waals surface area contributed by atoms with Gasteiger partial charge in [-0.15, -0.1) is 0 Å². The Bertz CT molecular complexity index is 425. The topological polar surface area (TPSA) is 86.7 Å². The summed E-state index contributed by atoms with van der Waals surface area (Å²) >= 11 is 0. The van der Waals surface area contributed by atoms with E-state index < -0.39 is 30.0 Å². The van der Waals surface area contributed by atoms with Gasteiger partial charge in [0.2, 0.25) is 5.91 Å². The molecule has 9 heteroatoms. The molecule has 6 nitrogen and oxygen atoms in total. The minimum Gasteiger partial charge on any atom is -0.481 e. The van der Waals surface area contributed by atoms with Crippen molar-refractivity contribution in [2.24, 2.45) is 5.92 Å². The second-order valence-electron chi connectivity index (χ2n) is 4.96. The van der Waals surface area contributed by atoms with E-state index in [9.17, 15) is 27.6 Å². The second kappa shape index (κ2) is 6.77. The Kier molecular flexibility index (Phi) is 5.56. The zero-order valence-corrected chi connectivity index (χ0v) is 11.4. The van der Waals surface area contributed by atoms with Crippen LogP contribution in [0.25, 0.3) is 0 Å². The average molecular weight is 310 g/mol. The lowest BCUT2D eigenvalue weighted by Crippen LogP contribution is -2.56. The fourth-order valence-corrected chi connectivity index (χ4v) is 2.44. The predicted molar refractivity (Wildman–Crippen MR) is 65.2 cm³/mol. The minimum absolute atomic E-state index is 0.0891. The smallest absolute Gasteiger partial charge is 0.471 e. The highest BCUT2D eigenvalue weighted by Crippen LogP contribution is 2.29. The van der Waals surface area contributed by atoms with E-state index in [0.717, 1.165) is 0 Å². The summed E-state index contributed by atoms with van der Waals surface area (Å²) in [6.45, 7) is -0.260. The molecule has 0 saturated carbocycles. The van der Waals surface area contributed by atoms with Gasteiger partial charge in [0.25, 0.3) is 0 Å². The van der Waals surface area contributed by atoms with Gasteiger partial charge in [0.05, 0.1) is 0 Å². The predicted octanol–water partition coefficient (Wildman–Crippen LogP) is 0.767. The number of piperidine rings is 1. The van der Waals surface area contributed by atoms with Crippen molar-refractivity contribution < 1.29 is 32.7 Å². The summed E-state index contributed by atoms with van der Waals surface area (Å²) < 4.78 is 37.8. The third kappa shape index (κ3) is 4.61. The van der Waals surface area contributed by atoms with Crippen LogP contribution < -0.4 is 5.32 Å². The first-order valence-electron chi connectivity index (χ1n) is 6.48. The zero-order chi connectivity index (χ0) is 16.2. The number of likely N-dealkylation sites (tertiary alicyclic amines) is 1. The van der Waals surface area contributed by atoms with E-state index in [1.165, 1.54) is 7.05 Å².